The number of imide groups is 1. The highest BCUT2D eigenvalue weighted by atomic mass is 32.1. The summed E-state index contributed by atoms with van der Waals surface area (Å²) in [5, 5.41) is 5.86. The first-order valence-corrected chi connectivity index (χ1v) is 18.8. The number of fused-ring (bicyclic) bond motifs is 3. The van der Waals surface area contributed by atoms with Crippen LogP contribution in [0.5, 0.6) is 0 Å². The van der Waals surface area contributed by atoms with Crippen molar-refractivity contribution < 1.29 is 57.3 Å². The van der Waals surface area contributed by atoms with Gasteiger partial charge in [0.1, 0.15) is 16.5 Å². The highest BCUT2D eigenvalue weighted by molar-refractivity contribution is 7.17. The number of methoxy groups -OCH3 is 2. The van der Waals surface area contributed by atoms with Crippen LogP contribution in [-0.4, -0.2) is 86.4 Å². The number of thiophene rings is 2. The van der Waals surface area contributed by atoms with Gasteiger partial charge in [0.05, 0.1) is 42.0 Å². The lowest BCUT2D eigenvalue weighted by atomic mass is 9.88. The summed E-state index contributed by atoms with van der Waals surface area (Å²) in [6, 6.07) is 3.59. The second kappa shape index (κ2) is 15.9. The molecule has 0 fully saturated rings. The van der Waals surface area contributed by atoms with E-state index >= 15 is 0 Å². The molecule has 15 nitrogen and oxygen atoms in total. The summed E-state index contributed by atoms with van der Waals surface area (Å²) in [5.74, 6) is -5.43. The lowest BCUT2D eigenvalue weighted by Crippen LogP contribution is -2.36. The van der Waals surface area contributed by atoms with E-state index in [2.05, 4.69) is 24.5 Å². The van der Waals surface area contributed by atoms with Crippen LogP contribution < -0.4 is 10.6 Å². The fourth-order valence-electron chi connectivity index (χ4n) is 6.74. The largest absolute Gasteiger partial charge is 0.465 e. The van der Waals surface area contributed by atoms with Gasteiger partial charge < -0.3 is 29.6 Å². The molecular formula is C37H37N3O12S2. The molecular weight excluding hydrogens is 743 g/mol. The van der Waals surface area contributed by atoms with Crippen LogP contribution in [0.15, 0.2) is 18.2 Å². The predicted molar refractivity (Wildman–Crippen MR) is 194 cm³/mol. The zero-order valence-electron chi connectivity index (χ0n) is 29.9. The Labute approximate surface area is 317 Å². The molecule has 17 heteroatoms. The van der Waals surface area contributed by atoms with Gasteiger partial charge in [0, 0.05) is 9.75 Å². The monoisotopic (exact) mass is 779 g/mol. The zero-order chi connectivity index (χ0) is 38.8. The summed E-state index contributed by atoms with van der Waals surface area (Å²) in [6.07, 6.45) is 4.65. The molecule has 3 heterocycles. The van der Waals surface area contributed by atoms with Gasteiger partial charge in [-0.15, -0.1) is 22.7 Å². The van der Waals surface area contributed by atoms with Crippen LogP contribution in [0.3, 0.4) is 0 Å². The molecule has 3 aliphatic rings. The highest BCUT2D eigenvalue weighted by Crippen LogP contribution is 2.41. The van der Waals surface area contributed by atoms with Crippen molar-refractivity contribution in [1.29, 1.82) is 0 Å². The highest BCUT2D eigenvalue weighted by Gasteiger charge is 2.38. The zero-order valence-corrected chi connectivity index (χ0v) is 31.5. The average Bonchev–Trinajstić information content (AvgIpc) is 3.76. The molecule has 284 valence electrons. The molecule has 3 aromatic rings. The van der Waals surface area contributed by atoms with E-state index in [0.29, 0.717) is 45.1 Å². The summed E-state index contributed by atoms with van der Waals surface area (Å²) in [4.78, 5) is 105. The lowest BCUT2D eigenvalue weighted by molar-refractivity contribution is -0.147. The van der Waals surface area contributed by atoms with Crippen LogP contribution in [0.25, 0.3) is 0 Å². The second-order valence-corrected chi connectivity index (χ2v) is 15.6. The number of benzene rings is 1. The number of nitrogens with one attached hydrogen (secondary N) is 2. The first-order chi connectivity index (χ1) is 25.8. The Morgan fingerprint density at radius 3 is 1.74 bits per heavy atom. The minimum absolute atomic E-state index is 0.0718. The number of anilines is 2. The summed E-state index contributed by atoms with van der Waals surface area (Å²) in [6.45, 7) is 1.95. The van der Waals surface area contributed by atoms with Gasteiger partial charge in [-0.3, -0.25) is 28.9 Å². The van der Waals surface area contributed by atoms with Gasteiger partial charge in [0.25, 0.3) is 23.6 Å². The minimum atomic E-state index is -1.05. The number of carbonyl (C=O) groups excluding carboxylic acids is 8. The SMILES string of the molecule is COC(=O)c1c(NC(=O)COC(=O)CN2C(=O)c3ccc(C(=O)OCC(=O)Nc4sc5c(c4C(=O)OC)CC[C@H](C)C5)cc3C2=O)sc2c1CC[C@@H](C)C2. The molecule has 1 aromatic carbocycles. The molecule has 54 heavy (non-hydrogen) atoms. The number of rotatable bonds is 11. The number of hydrogen-bond donors (Lipinski definition) is 2. The molecule has 2 N–H and O–H groups in total. The number of hydrogen-bond acceptors (Lipinski definition) is 14. The van der Waals surface area contributed by atoms with E-state index < -0.39 is 67.3 Å². The summed E-state index contributed by atoms with van der Waals surface area (Å²) >= 11 is 2.55. The summed E-state index contributed by atoms with van der Waals surface area (Å²) in [5.41, 5.74) is 1.89. The van der Waals surface area contributed by atoms with E-state index in [4.69, 9.17) is 18.9 Å². The number of ether oxygens (including phenoxy) is 4. The maximum absolute atomic E-state index is 13.2. The molecule has 2 aromatic heterocycles. The van der Waals surface area contributed by atoms with Gasteiger partial charge in [0.15, 0.2) is 13.2 Å². The number of nitrogens with zero attached hydrogens (tertiary/aromatic N) is 1. The Kier molecular flexibility index (Phi) is 11.3. The Morgan fingerprint density at radius 2 is 1.22 bits per heavy atom. The van der Waals surface area contributed by atoms with Crippen LogP contribution >= 0.6 is 22.7 Å². The van der Waals surface area contributed by atoms with Gasteiger partial charge in [-0.25, -0.2) is 14.4 Å². The van der Waals surface area contributed by atoms with Crippen molar-refractivity contribution in [2.45, 2.75) is 52.4 Å². The van der Waals surface area contributed by atoms with Crippen LogP contribution in [0, 0.1) is 11.8 Å². The molecule has 6 rings (SSSR count). The van der Waals surface area contributed by atoms with Gasteiger partial charge >= 0.3 is 23.9 Å². The first kappa shape index (κ1) is 38.3. The molecule has 0 unspecified atom stereocenters. The molecule has 0 spiro atoms. The van der Waals surface area contributed by atoms with Crippen molar-refractivity contribution >= 4 is 80.2 Å². The molecule has 0 bridgehead atoms. The van der Waals surface area contributed by atoms with E-state index in [9.17, 15) is 38.4 Å². The van der Waals surface area contributed by atoms with E-state index in [-0.39, 0.29) is 22.3 Å². The molecule has 0 saturated carbocycles. The third kappa shape index (κ3) is 7.77. The molecule has 0 radical (unpaired) electrons. The Balaban J connectivity index is 1.02. The third-order valence-electron chi connectivity index (χ3n) is 9.50. The average molecular weight is 780 g/mol. The maximum Gasteiger partial charge on any atom is 0.341 e. The Morgan fingerprint density at radius 1 is 0.722 bits per heavy atom. The molecule has 2 aliphatic carbocycles. The Bertz CT molecular complexity index is 2100. The first-order valence-electron chi connectivity index (χ1n) is 17.2. The van der Waals surface area contributed by atoms with Crippen LogP contribution in [0.2, 0.25) is 0 Å². The smallest absolute Gasteiger partial charge is 0.341 e. The van der Waals surface area contributed by atoms with Crippen molar-refractivity contribution in [2.24, 2.45) is 11.8 Å². The maximum atomic E-state index is 13.2. The number of esters is 4. The van der Waals surface area contributed by atoms with Crippen molar-refractivity contribution in [3.8, 4) is 0 Å². The van der Waals surface area contributed by atoms with Gasteiger partial charge in [0.2, 0.25) is 0 Å². The summed E-state index contributed by atoms with van der Waals surface area (Å²) < 4.78 is 20.1. The normalized spacial score (nSPS) is 17.1. The van der Waals surface area contributed by atoms with Crippen LogP contribution in [0.4, 0.5) is 10.0 Å². The van der Waals surface area contributed by atoms with Gasteiger partial charge in [-0.1, -0.05) is 13.8 Å². The van der Waals surface area contributed by atoms with Crippen molar-refractivity contribution in [1.82, 2.24) is 4.90 Å². The molecule has 2 atom stereocenters. The van der Waals surface area contributed by atoms with Gasteiger partial charge in [-0.05, 0) is 79.7 Å². The minimum Gasteiger partial charge on any atom is -0.465 e. The molecule has 1 aliphatic heterocycles. The van der Waals surface area contributed by atoms with Crippen molar-refractivity contribution in [3.63, 3.8) is 0 Å². The molecule has 0 saturated heterocycles. The number of amides is 4. The molecule has 4 amide bonds. The van der Waals surface area contributed by atoms with Crippen LogP contribution in [0.1, 0.15) is 99.4 Å². The summed E-state index contributed by atoms with van der Waals surface area (Å²) in [7, 11) is 2.51. The predicted octanol–water partition coefficient (Wildman–Crippen LogP) is 4.21. The quantitative estimate of drug-likeness (QED) is 0.160. The van der Waals surface area contributed by atoms with Crippen molar-refractivity contribution in [3.05, 3.63) is 66.9 Å². The topological polar surface area (TPSA) is 201 Å². The third-order valence-corrected chi connectivity index (χ3v) is 11.8. The lowest BCUT2D eigenvalue weighted by Gasteiger charge is -2.18. The van der Waals surface area contributed by atoms with Crippen LogP contribution in [-0.2, 0) is 59.0 Å². The second-order valence-electron chi connectivity index (χ2n) is 13.4. The van der Waals surface area contributed by atoms with E-state index in [1.165, 1.54) is 49.0 Å². The van der Waals surface area contributed by atoms with E-state index in [1.807, 2.05) is 0 Å². The standard InChI is InChI=1S/C37H37N3O12S2/c1-17-5-8-21-24(11-17)53-31(29(21)36(47)49-3)38-26(41)15-51-28(43)14-40-33(44)20-10-7-19(13-23(20)34(40)45)35(46)52-16-27(42)39-32-30(37(48)50-4)22-9-6-18(2)12-25(22)54-32/h7,10,13,17-18H,5-6,8-9,11-12,14-16H2,1-4H3,(H,38,41)(H,39,42)/t17-,18+/m1/s1. The fraction of sp³-hybridized carbons (Fsp3) is 0.405. The Hall–Kier alpha value is -5.42. The van der Waals surface area contributed by atoms with Crippen molar-refractivity contribution in [2.75, 3.05) is 44.6 Å². The fourth-order valence-corrected chi connectivity index (χ4v) is 9.57. The number of carbonyl (C=O) groups is 8. The van der Waals surface area contributed by atoms with E-state index in [1.54, 1.807) is 0 Å². The van der Waals surface area contributed by atoms with E-state index in [0.717, 1.165) is 52.6 Å². The van der Waals surface area contributed by atoms with Gasteiger partial charge in [-0.2, -0.15) is 0 Å².